The van der Waals surface area contributed by atoms with Gasteiger partial charge in [0.2, 0.25) is 17.0 Å². The second-order valence-electron chi connectivity index (χ2n) is 6.72. The number of rotatable bonds is 7. The molecule has 11 heteroatoms. The molecule has 0 aromatic heterocycles. The number of aliphatic imine (C=N–C) groups is 1. The molecule has 1 aliphatic heterocycles. The number of benzene rings is 2. The number of nitrogens with one attached hydrogen (secondary N) is 1. The molecule has 2 aromatic rings. The summed E-state index contributed by atoms with van der Waals surface area (Å²) in [5.41, 5.74) is -0.782. The lowest BCUT2D eigenvalue weighted by Gasteiger charge is -2.23. The maximum Gasteiger partial charge on any atom is 0.416 e. The predicted molar refractivity (Wildman–Crippen MR) is 123 cm³/mol. The van der Waals surface area contributed by atoms with Crippen molar-refractivity contribution in [1.29, 1.82) is 0 Å². The van der Waals surface area contributed by atoms with Gasteiger partial charge >= 0.3 is 6.18 Å². The number of ether oxygens (including phenoxy) is 2. The fourth-order valence-electron chi connectivity index (χ4n) is 2.73. The fraction of sp³-hybridized carbons (Fsp3) is 0.227. The van der Waals surface area contributed by atoms with Crippen LogP contribution in [0.5, 0.6) is 11.5 Å². The number of hydrogen-bond acceptors (Lipinski definition) is 7. The van der Waals surface area contributed by atoms with E-state index in [1.165, 1.54) is 12.1 Å². The van der Waals surface area contributed by atoms with Gasteiger partial charge in [0.1, 0.15) is 18.0 Å². The van der Waals surface area contributed by atoms with Crippen LogP contribution in [0.4, 0.5) is 18.9 Å². The van der Waals surface area contributed by atoms with Crippen molar-refractivity contribution in [2.24, 2.45) is 10.1 Å². The summed E-state index contributed by atoms with van der Waals surface area (Å²) in [6.45, 7) is 4.44. The highest BCUT2D eigenvalue weighted by molar-refractivity contribution is 8.14. The lowest BCUT2D eigenvalue weighted by Crippen LogP contribution is -2.33. The Hall–Kier alpha value is -3.47. The minimum Gasteiger partial charge on any atom is -0.497 e. The van der Waals surface area contributed by atoms with Gasteiger partial charge in [0, 0.05) is 5.69 Å². The molecule has 0 atom stereocenters. The Labute approximate surface area is 193 Å². The zero-order valence-electron chi connectivity index (χ0n) is 17.6. The van der Waals surface area contributed by atoms with Crippen molar-refractivity contribution in [3.8, 4) is 11.5 Å². The molecule has 7 nitrogen and oxygen atoms in total. The normalized spacial score (nSPS) is 13.6. The molecule has 0 bridgehead atoms. The van der Waals surface area contributed by atoms with Gasteiger partial charge in [-0.3, -0.25) is 9.80 Å². The Morgan fingerprint density at radius 1 is 1.24 bits per heavy atom. The van der Waals surface area contributed by atoms with Gasteiger partial charge in [-0.2, -0.15) is 18.2 Å². The molecule has 3 rings (SSSR count). The fourth-order valence-corrected chi connectivity index (χ4v) is 3.40. The maximum absolute atomic E-state index is 12.8. The summed E-state index contributed by atoms with van der Waals surface area (Å²) in [6.07, 6.45) is -2.82. The molecule has 1 amide bonds. The highest BCUT2D eigenvalue weighted by Crippen LogP contribution is 2.30. The smallest absolute Gasteiger partial charge is 0.416 e. The highest BCUT2D eigenvalue weighted by atomic mass is 32.2. The van der Waals surface area contributed by atoms with Gasteiger partial charge in [0.15, 0.2) is 0 Å². The summed E-state index contributed by atoms with van der Waals surface area (Å²) in [7, 11) is 1.57. The zero-order valence-corrected chi connectivity index (χ0v) is 18.4. The number of anilines is 1. The van der Waals surface area contributed by atoms with Crippen LogP contribution in [0.25, 0.3) is 0 Å². The topological polar surface area (TPSA) is 75.5 Å². The molecule has 0 fully saturated rings. The first-order chi connectivity index (χ1) is 15.8. The standard InChI is InChI=1S/C22H21F3N4O3S/c1-3-11-29-13-20(32-18-9-7-17(31-2)8-10-18)27-21(28-29)33-14-19(30)26-16-6-4-5-15(12-16)22(23,24)25/h3-10,12H,1,11,13-14H2,2H3,(H,26,30). The summed E-state index contributed by atoms with van der Waals surface area (Å²) in [4.78, 5) is 16.6. The number of methoxy groups -OCH3 is 1. The second kappa shape index (κ2) is 10.9. The summed E-state index contributed by atoms with van der Waals surface area (Å²) in [6, 6.07) is 11.4. The van der Waals surface area contributed by atoms with Crippen LogP contribution in [0.3, 0.4) is 0 Å². The highest BCUT2D eigenvalue weighted by Gasteiger charge is 2.30. The Bertz CT molecular complexity index is 1060. The first-order valence-corrected chi connectivity index (χ1v) is 10.7. The number of carbonyl (C=O) groups is 1. The number of halogens is 3. The van der Waals surface area contributed by atoms with Gasteiger partial charge in [-0.1, -0.05) is 23.9 Å². The average Bonchev–Trinajstić information content (AvgIpc) is 2.78. The zero-order chi connectivity index (χ0) is 23.8. The molecule has 0 saturated heterocycles. The molecule has 174 valence electrons. The molecule has 1 aliphatic rings. The molecule has 1 heterocycles. The number of hydrogen-bond donors (Lipinski definition) is 1. The van der Waals surface area contributed by atoms with Gasteiger partial charge in [-0.25, -0.2) is 0 Å². The summed E-state index contributed by atoms with van der Waals surface area (Å²) in [5.74, 6) is 1.03. The molecule has 2 aromatic carbocycles. The van der Waals surface area contributed by atoms with Crippen molar-refractivity contribution in [3.63, 3.8) is 0 Å². The molecule has 1 N–H and O–H groups in total. The average molecular weight is 478 g/mol. The lowest BCUT2D eigenvalue weighted by atomic mass is 10.2. The van der Waals surface area contributed by atoms with Crippen molar-refractivity contribution in [3.05, 3.63) is 66.7 Å². The third-order valence-corrected chi connectivity index (χ3v) is 5.04. The van der Waals surface area contributed by atoms with Crippen LogP contribution < -0.4 is 14.8 Å². The minimum atomic E-state index is -4.49. The number of amidine groups is 1. The van der Waals surface area contributed by atoms with E-state index in [4.69, 9.17) is 9.47 Å². The van der Waals surface area contributed by atoms with E-state index in [0.29, 0.717) is 30.5 Å². The molecule has 0 spiro atoms. The molecular weight excluding hydrogens is 457 g/mol. The number of alkyl halides is 3. The van der Waals surface area contributed by atoms with Crippen LogP contribution in [0.2, 0.25) is 0 Å². The minimum absolute atomic E-state index is 0.0568. The van der Waals surface area contributed by atoms with Crippen LogP contribution in [0.15, 0.2) is 71.3 Å². The Morgan fingerprint density at radius 3 is 2.64 bits per heavy atom. The Balaban J connectivity index is 1.63. The van der Waals surface area contributed by atoms with E-state index < -0.39 is 17.6 Å². The Kier molecular flexibility index (Phi) is 7.99. The van der Waals surface area contributed by atoms with Crippen molar-refractivity contribution in [2.45, 2.75) is 6.18 Å². The van der Waals surface area contributed by atoms with Crippen molar-refractivity contribution < 1.29 is 27.4 Å². The Morgan fingerprint density at radius 2 is 1.97 bits per heavy atom. The van der Waals surface area contributed by atoms with Gasteiger partial charge in [-0.15, -0.1) is 11.7 Å². The predicted octanol–water partition coefficient (Wildman–Crippen LogP) is 4.64. The molecule has 0 aliphatic carbocycles. The van der Waals surface area contributed by atoms with Gasteiger partial charge < -0.3 is 14.8 Å². The van der Waals surface area contributed by atoms with E-state index in [-0.39, 0.29) is 16.6 Å². The van der Waals surface area contributed by atoms with Crippen LogP contribution in [0, 0.1) is 0 Å². The third-order valence-electron chi connectivity index (χ3n) is 4.21. The number of thioether (sulfide) groups is 1. The summed E-state index contributed by atoms with van der Waals surface area (Å²) < 4.78 is 49.5. The number of amides is 1. The summed E-state index contributed by atoms with van der Waals surface area (Å²) >= 11 is 1.04. The van der Waals surface area contributed by atoms with Gasteiger partial charge in [0.25, 0.3) is 0 Å². The number of hydrazone groups is 1. The SMILES string of the molecule is C=CCN1CC(Oc2ccc(OC)cc2)=NC(SCC(=O)Nc2cccc(C(F)(F)F)c2)=N1. The van der Waals surface area contributed by atoms with Crippen molar-refractivity contribution in [2.75, 3.05) is 31.3 Å². The third kappa shape index (κ3) is 7.28. The van der Waals surface area contributed by atoms with E-state index in [0.717, 1.165) is 23.9 Å². The van der Waals surface area contributed by atoms with E-state index in [2.05, 4.69) is 22.0 Å². The largest absolute Gasteiger partial charge is 0.497 e. The maximum atomic E-state index is 12.8. The van der Waals surface area contributed by atoms with Crippen molar-refractivity contribution >= 4 is 34.4 Å². The quantitative estimate of drug-likeness (QED) is 0.587. The van der Waals surface area contributed by atoms with E-state index >= 15 is 0 Å². The van der Waals surface area contributed by atoms with E-state index in [1.54, 1.807) is 42.5 Å². The lowest BCUT2D eigenvalue weighted by molar-refractivity contribution is -0.137. The van der Waals surface area contributed by atoms with E-state index in [1.807, 2.05) is 0 Å². The van der Waals surface area contributed by atoms with E-state index in [9.17, 15) is 18.0 Å². The molecule has 0 unspecified atom stereocenters. The van der Waals surface area contributed by atoms with Gasteiger partial charge in [-0.05, 0) is 42.5 Å². The molecule has 33 heavy (non-hydrogen) atoms. The number of nitrogens with zero attached hydrogens (tertiary/aromatic N) is 3. The summed E-state index contributed by atoms with van der Waals surface area (Å²) in [5, 5.41) is 8.75. The van der Waals surface area contributed by atoms with Gasteiger partial charge in [0.05, 0.1) is 25.0 Å². The van der Waals surface area contributed by atoms with Crippen LogP contribution >= 0.6 is 11.8 Å². The first-order valence-electron chi connectivity index (χ1n) is 9.70. The molecule has 0 radical (unpaired) electrons. The van der Waals surface area contributed by atoms with Crippen LogP contribution in [-0.4, -0.2) is 47.9 Å². The monoisotopic (exact) mass is 478 g/mol. The molecule has 0 saturated carbocycles. The first kappa shape index (κ1) is 24.2. The molecular formula is C22H21F3N4O3S. The number of carbonyl (C=O) groups excluding carboxylic acids is 1. The second-order valence-corrected chi connectivity index (χ2v) is 7.66. The van der Waals surface area contributed by atoms with Crippen molar-refractivity contribution in [1.82, 2.24) is 5.01 Å². The van der Waals surface area contributed by atoms with Crippen LogP contribution in [-0.2, 0) is 11.0 Å². The van der Waals surface area contributed by atoms with Crippen LogP contribution in [0.1, 0.15) is 5.56 Å².